The molecule has 1 aliphatic rings. The number of nitrogens with one attached hydrogen (secondary N) is 1. The van der Waals surface area contributed by atoms with E-state index < -0.39 is 0 Å². The maximum Gasteiger partial charge on any atom is 0.0704 e. The normalized spacial score (nSPS) is 17.4. The molecule has 0 radical (unpaired) electrons. The van der Waals surface area contributed by atoms with E-state index in [1.165, 1.54) is 5.69 Å². The van der Waals surface area contributed by atoms with Crippen LogP contribution in [-0.2, 0) is 0 Å². The van der Waals surface area contributed by atoms with Crippen LogP contribution in [0.15, 0.2) is 24.3 Å². The first-order valence-corrected chi connectivity index (χ1v) is 6.03. The molecule has 0 atom stereocenters. The van der Waals surface area contributed by atoms with Crippen molar-refractivity contribution in [2.24, 2.45) is 0 Å². The first-order valence-electron chi connectivity index (χ1n) is 5.65. The molecule has 1 fully saturated rings. The summed E-state index contributed by atoms with van der Waals surface area (Å²) in [7, 11) is 2.12. The molecule has 3 nitrogen and oxygen atoms in total. The van der Waals surface area contributed by atoms with Crippen LogP contribution < -0.4 is 10.2 Å². The highest BCUT2D eigenvalue weighted by Crippen LogP contribution is 2.16. The first-order chi connectivity index (χ1) is 7.75. The average molecular weight is 240 g/mol. The summed E-state index contributed by atoms with van der Waals surface area (Å²) in [5.74, 6) is 0. The Bertz CT molecular complexity index is 320. The van der Waals surface area contributed by atoms with Crippen molar-refractivity contribution >= 4 is 17.3 Å². The third-order valence-electron chi connectivity index (χ3n) is 2.89. The zero-order chi connectivity index (χ0) is 11.4. The molecule has 0 aromatic heterocycles. The van der Waals surface area contributed by atoms with Crippen LogP contribution in [-0.4, -0.2) is 44.8 Å². The van der Waals surface area contributed by atoms with Crippen molar-refractivity contribution in [2.75, 3.05) is 44.8 Å². The zero-order valence-electron chi connectivity index (χ0n) is 9.62. The molecule has 0 unspecified atom stereocenters. The van der Waals surface area contributed by atoms with E-state index in [0.29, 0.717) is 0 Å². The van der Waals surface area contributed by atoms with E-state index in [1.807, 2.05) is 12.1 Å². The van der Waals surface area contributed by atoms with E-state index in [9.17, 15) is 0 Å². The van der Waals surface area contributed by atoms with Crippen LogP contribution in [0.5, 0.6) is 0 Å². The number of hydrogen-bond donors (Lipinski definition) is 1. The Kier molecular flexibility index (Phi) is 4.04. The van der Waals surface area contributed by atoms with Crippen LogP contribution in [0.25, 0.3) is 0 Å². The van der Waals surface area contributed by atoms with E-state index in [1.54, 1.807) is 0 Å². The van der Waals surface area contributed by atoms with Gasteiger partial charge in [-0.3, -0.25) is 4.90 Å². The van der Waals surface area contributed by atoms with Gasteiger partial charge in [-0.15, -0.1) is 0 Å². The van der Waals surface area contributed by atoms with Crippen molar-refractivity contribution in [3.8, 4) is 0 Å². The van der Waals surface area contributed by atoms with Crippen molar-refractivity contribution < 1.29 is 0 Å². The summed E-state index contributed by atoms with van der Waals surface area (Å²) in [6.07, 6.45) is 0. The van der Waals surface area contributed by atoms with E-state index in [4.69, 9.17) is 11.6 Å². The molecule has 1 aliphatic heterocycles. The fraction of sp³-hybridized carbons (Fsp3) is 0.500. The number of hydrogen-bond acceptors (Lipinski definition) is 3. The second kappa shape index (κ2) is 5.53. The van der Waals surface area contributed by atoms with Crippen LogP contribution in [0.2, 0.25) is 5.02 Å². The van der Waals surface area contributed by atoms with E-state index in [2.05, 4.69) is 34.3 Å². The van der Waals surface area contributed by atoms with Crippen LogP contribution in [0.1, 0.15) is 0 Å². The van der Waals surface area contributed by atoms with Gasteiger partial charge in [0.05, 0.1) is 6.67 Å². The van der Waals surface area contributed by atoms with Gasteiger partial charge in [-0.25, -0.2) is 0 Å². The minimum absolute atomic E-state index is 0.791. The number of halogens is 1. The molecule has 0 spiro atoms. The fourth-order valence-corrected chi connectivity index (χ4v) is 2.06. The van der Waals surface area contributed by atoms with Gasteiger partial charge in [-0.2, -0.15) is 0 Å². The Balaban J connectivity index is 1.91. The molecular formula is C12H18ClN3. The lowest BCUT2D eigenvalue weighted by atomic mass is 10.3. The minimum Gasteiger partial charge on any atom is -0.362 e. The van der Waals surface area contributed by atoms with Gasteiger partial charge in [0.2, 0.25) is 0 Å². The lowest BCUT2D eigenvalue weighted by Gasteiger charge is -2.32. The number of nitrogens with zero attached hydrogens (tertiary/aromatic N) is 2. The minimum atomic E-state index is 0.791. The SMILES string of the molecule is CN(CN1CCNCC1)c1ccc(Cl)cc1. The Morgan fingerprint density at radius 1 is 1.25 bits per heavy atom. The molecule has 1 aromatic carbocycles. The van der Waals surface area contributed by atoms with Crippen molar-refractivity contribution in [1.82, 2.24) is 10.2 Å². The number of rotatable bonds is 3. The standard InChI is InChI=1S/C12H18ClN3/c1-15(10-16-8-6-14-7-9-16)12-4-2-11(13)3-5-12/h2-5,14H,6-10H2,1H3. The summed E-state index contributed by atoms with van der Waals surface area (Å²) in [4.78, 5) is 4.70. The van der Waals surface area contributed by atoms with Gasteiger partial charge in [0.15, 0.2) is 0 Å². The molecule has 0 amide bonds. The predicted molar refractivity (Wildman–Crippen MR) is 69.2 cm³/mol. The molecule has 1 N–H and O–H groups in total. The predicted octanol–water partition coefficient (Wildman–Crippen LogP) is 1.64. The summed E-state index contributed by atoms with van der Waals surface area (Å²) >= 11 is 5.87. The summed E-state index contributed by atoms with van der Waals surface area (Å²) in [6, 6.07) is 7.99. The Morgan fingerprint density at radius 3 is 2.50 bits per heavy atom. The summed E-state index contributed by atoms with van der Waals surface area (Å²) in [5, 5.41) is 4.15. The first kappa shape index (κ1) is 11.7. The molecule has 0 bridgehead atoms. The summed E-state index contributed by atoms with van der Waals surface area (Å²) in [6.45, 7) is 5.40. The summed E-state index contributed by atoms with van der Waals surface area (Å²) in [5.41, 5.74) is 1.21. The Hall–Kier alpha value is -0.770. The van der Waals surface area contributed by atoms with Crippen LogP contribution in [0.3, 0.4) is 0 Å². The monoisotopic (exact) mass is 239 g/mol. The Labute approximate surface area is 102 Å². The van der Waals surface area contributed by atoms with Gasteiger partial charge in [-0.1, -0.05) is 11.6 Å². The van der Waals surface area contributed by atoms with Crippen molar-refractivity contribution in [2.45, 2.75) is 0 Å². The Morgan fingerprint density at radius 2 is 1.88 bits per heavy atom. The van der Waals surface area contributed by atoms with Crippen LogP contribution in [0, 0.1) is 0 Å². The second-order valence-corrected chi connectivity index (χ2v) is 4.62. The van der Waals surface area contributed by atoms with Crippen molar-refractivity contribution in [3.05, 3.63) is 29.3 Å². The molecular weight excluding hydrogens is 222 g/mol. The molecule has 0 aliphatic carbocycles. The van der Waals surface area contributed by atoms with Gasteiger partial charge in [0.1, 0.15) is 0 Å². The third-order valence-corrected chi connectivity index (χ3v) is 3.14. The number of benzene rings is 1. The smallest absolute Gasteiger partial charge is 0.0704 e. The van der Waals surface area contributed by atoms with E-state index in [0.717, 1.165) is 37.9 Å². The van der Waals surface area contributed by atoms with Crippen LogP contribution >= 0.6 is 11.6 Å². The second-order valence-electron chi connectivity index (χ2n) is 4.18. The number of anilines is 1. The summed E-state index contributed by atoms with van der Waals surface area (Å²) < 4.78 is 0. The van der Waals surface area contributed by atoms with Crippen LogP contribution in [0.4, 0.5) is 5.69 Å². The molecule has 1 heterocycles. The molecule has 1 aromatic rings. The maximum atomic E-state index is 5.87. The zero-order valence-corrected chi connectivity index (χ0v) is 10.4. The van der Waals surface area contributed by atoms with Gasteiger partial charge in [0, 0.05) is 43.9 Å². The van der Waals surface area contributed by atoms with Gasteiger partial charge < -0.3 is 10.2 Å². The van der Waals surface area contributed by atoms with E-state index >= 15 is 0 Å². The highest BCUT2D eigenvalue weighted by atomic mass is 35.5. The molecule has 16 heavy (non-hydrogen) atoms. The lowest BCUT2D eigenvalue weighted by molar-refractivity contribution is 0.243. The molecule has 1 saturated heterocycles. The largest absolute Gasteiger partial charge is 0.362 e. The van der Waals surface area contributed by atoms with Crippen molar-refractivity contribution in [3.63, 3.8) is 0 Å². The van der Waals surface area contributed by atoms with Gasteiger partial charge in [0.25, 0.3) is 0 Å². The fourth-order valence-electron chi connectivity index (χ4n) is 1.93. The molecule has 88 valence electrons. The number of piperazine rings is 1. The van der Waals surface area contributed by atoms with Gasteiger partial charge >= 0.3 is 0 Å². The third kappa shape index (κ3) is 3.11. The topological polar surface area (TPSA) is 18.5 Å². The van der Waals surface area contributed by atoms with Gasteiger partial charge in [-0.05, 0) is 24.3 Å². The molecule has 0 saturated carbocycles. The van der Waals surface area contributed by atoms with E-state index in [-0.39, 0.29) is 0 Å². The highest BCUT2D eigenvalue weighted by molar-refractivity contribution is 6.30. The average Bonchev–Trinajstić information content (AvgIpc) is 2.31. The molecule has 4 heteroatoms. The lowest BCUT2D eigenvalue weighted by Crippen LogP contribution is -2.47. The molecule has 2 rings (SSSR count). The van der Waals surface area contributed by atoms with Crippen molar-refractivity contribution in [1.29, 1.82) is 0 Å². The highest BCUT2D eigenvalue weighted by Gasteiger charge is 2.11. The maximum absolute atomic E-state index is 5.87. The quantitative estimate of drug-likeness (QED) is 0.865.